The fraction of sp³-hybridized carbons (Fsp3) is 0.318. The third-order valence-electron chi connectivity index (χ3n) is 5.74. The van der Waals surface area contributed by atoms with Crippen LogP contribution in [0, 0.1) is 6.92 Å². The van der Waals surface area contributed by atoms with E-state index in [0.717, 1.165) is 29.4 Å². The molecule has 2 aromatic carbocycles. The van der Waals surface area contributed by atoms with E-state index in [1.165, 1.54) is 18.4 Å². The minimum absolute atomic E-state index is 0.312. The average molecular weight is 382 g/mol. The van der Waals surface area contributed by atoms with E-state index in [4.69, 9.17) is 0 Å². The van der Waals surface area contributed by atoms with Crippen LogP contribution in [0.25, 0.3) is 10.9 Å². The zero-order valence-corrected chi connectivity index (χ0v) is 16.4. The smallest absolute Gasteiger partial charge is 0.185 e. The molecule has 141 valence electrons. The second-order valence-electron chi connectivity index (χ2n) is 7.45. The Kier molecular flexibility index (Phi) is 4.82. The van der Waals surface area contributed by atoms with Crippen molar-refractivity contribution in [3.63, 3.8) is 0 Å². The Hall–Kier alpha value is -2.11. The lowest BCUT2D eigenvalue weighted by Gasteiger charge is -2.19. The van der Waals surface area contributed by atoms with Gasteiger partial charge in [0.1, 0.15) is 0 Å². The molecule has 1 aromatic heterocycles. The number of likely N-dealkylation sites (N-methyl/N-ethyl adjacent to an activating group) is 1. The van der Waals surface area contributed by atoms with Gasteiger partial charge in [0.05, 0.1) is 10.1 Å². The van der Waals surface area contributed by atoms with E-state index in [9.17, 15) is 8.42 Å². The summed E-state index contributed by atoms with van der Waals surface area (Å²) >= 11 is 0. The molecule has 0 unspecified atom stereocenters. The Balaban J connectivity index is 1.67. The van der Waals surface area contributed by atoms with E-state index in [-0.39, 0.29) is 0 Å². The summed E-state index contributed by atoms with van der Waals surface area (Å²) in [6, 6.07) is 14.9. The first-order chi connectivity index (χ1) is 13.0. The van der Waals surface area contributed by atoms with E-state index in [2.05, 4.69) is 30.1 Å². The Bertz CT molecular complexity index is 1040. The van der Waals surface area contributed by atoms with Gasteiger partial charge in [0, 0.05) is 23.1 Å². The molecule has 1 fully saturated rings. The summed E-state index contributed by atoms with van der Waals surface area (Å²) in [4.78, 5) is 6.05. The molecule has 0 saturated carbocycles. The molecular weight excluding hydrogens is 356 g/mol. The van der Waals surface area contributed by atoms with E-state index < -0.39 is 15.1 Å². The summed E-state index contributed by atoms with van der Waals surface area (Å²) in [5.74, 6) is 0. The number of sulfone groups is 1. The molecule has 4 rings (SSSR count). The van der Waals surface area contributed by atoms with Gasteiger partial charge in [0.25, 0.3) is 0 Å². The summed E-state index contributed by atoms with van der Waals surface area (Å²) in [5.41, 5.74) is 3.01. The quantitative estimate of drug-likeness (QED) is 0.722. The van der Waals surface area contributed by atoms with E-state index >= 15 is 0 Å². The highest BCUT2D eigenvalue weighted by atomic mass is 32.2. The number of H-pyrrole nitrogens is 1. The lowest BCUT2D eigenvalue weighted by molar-refractivity contribution is 0.310. The first-order valence-electron chi connectivity index (χ1n) is 9.39. The van der Waals surface area contributed by atoms with Gasteiger partial charge in [-0.25, -0.2) is 8.42 Å². The fourth-order valence-corrected chi connectivity index (χ4v) is 5.38. The summed E-state index contributed by atoms with van der Waals surface area (Å²) in [5, 5.41) is 0.269. The second-order valence-corrected chi connectivity index (χ2v) is 9.58. The van der Waals surface area contributed by atoms with Crippen molar-refractivity contribution in [3.8, 4) is 0 Å². The van der Waals surface area contributed by atoms with Crippen LogP contribution in [-0.2, 0) is 16.3 Å². The molecule has 4 nitrogen and oxygen atoms in total. The molecule has 0 aliphatic carbocycles. The van der Waals surface area contributed by atoms with Gasteiger partial charge in [0.15, 0.2) is 9.84 Å². The van der Waals surface area contributed by atoms with Gasteiger partial charge in [-0.2, -0.15) is 0 Å². The van der Waals surface area contributed by atoms with Crippen molar-refractivity contribution in [3.05, 3.63) is 72.8 Å². The molecule has 2 heterocycles. The van der Waals surface area contributed by atoms with Gasteiger partial charge in [-0.3, -0.25) is 0 Å². The van der Waals surface area contributed by atoms with Crippen LogP contribution in [0.5, 0.6) is 0 Å². The molecular formula is C22H25N2O2S. The number of likely N-dealkylation sites (tertiary alicyclic amines) is 1. The number of fused-ring (bicyclic) bond motifs is 1. The van der Waals surface area contributed by atoms with Crippen LogP contribution in [0.4, 0.5) is 0 Å². The summed E-state index contributed by atoms with van der Waals surface area (Å²) < 4.78 is 25.9. The van der Waals surface area contributed by atoms with Crippen molar-refractivity contribution in [2.45, 2.75) is 35.4 Å². The van der Waals surface area contributed by atoms with Crippen molar-refractivity contribution in [1.29, 1.82) is 0 Å². The Morgan fingerprint density at radius 2 is 2.00 bits per heavy atom. The van der Waals surface area contributed by atoms with Gasteiger partial charge in [-0.15, -0.1) is 0 Å². The third kappa shape index (κ3) is 3.42. The third-order valence-corrected chi connectivity index (χ3v) is 7.69. The van der Waals surface area contributed by atoms with E-state index in [0.29, 0.717) is 10.9 Å². The lowest BCUT2D eigenvalue weighted by atomic mass is 10.0. The van der Waals surface area contributed by atoms with Crippen LogP contribution in [0.15, 0.2) is 59.6 Å². The van der Waals surface area contributed by atoms with Gasteiger partial charge >= 0.3 is 0 Å². The minimum Gasteiger partial charge on any atom is -0.361 e. The molecule has 5 heteroatoms. The maximum Gasteiger partial charge on any atom is 0.185 e. The molecule has 0 bridgehead atoms. The van der Waals surface area contributed by atoms with E-state index in [1.54, 1.807) is 24.3 Å². The first-order valence-corrected chi connectivity index (χ1v) is 10.9. The van der Waals surface area contributed by atoms with Crippen LogP contribution in [0.2, 0.25) is 0 Å². The van der Waals surface area contributed by atoms with Crippen molar-refractivity contribution >= 4 is 20.7 Å². The highest BCUT2D eigenvalue weighted by molar-refractivity contribution is 7.91. The maximum atomic E-state index is 12.9. The topological polar surface area (TPSA) is 53.2 Å². The summed E-state index contributed by atoms with van der Waals surface area (Å²) in [6.45, 7) is 5.13. The highest BCUT2D eigenvalue weighted by Gasteiger charge is 2.26. The molecule has 27 heavy (non-hydrogen) atoms. The van der Waals surface area contributed by atoms with Crippen LogP contribution in [0.3, 0.4) is 0 Å². The molecule has 1 radical (unpaired) electrons. The van der Waals surface area contributed by atoms with Crippen molar-refractivity contribution < 1.29 is 8.42 Å². The number of hydrogen-bond donors (Lipinski definition) is 1. The van der Waals surface area contributed by atoms with Gasteiger partial charge in [0.2, 0.25) is 0 Å². The van der Waals surface area contributed by atoms with Crippen molar-refractivity contribution in [2.75, 3.05) is 13.6 Å². The number of rotatable bonds is 5. The molecule has 1 N–H and O–H groups in total. The van der Waals surface area contributed by atoms with Crippen molar-refractivity contribution in [1.82, 2.24) is 9.88 Å². The molecule has 3 aromatic rings. The Morgan fingerprint density at radius 1 is 1.22 bits per heavy atom. The van der Waals surface area contributed by atoms with Crippen LogP contribution in [-0.4, -0.2) is 37.9 Å². The van der Waals surface area contributed by atoms with Gasteiger partial charge in [-0.05, 0) is 75.2 Å². The SMILES string of the molecule is [CH2][C@H](c1ccc2[nH]cc(C[C@H]3CCCN3C)c2c1)S(=O)(=O)c1ccccc1. The number of benzene rings is 2. The molecule has 2 atom stereocenters. The standard InChI is InChI=1S/C22H25N2O2S/c1-16(27(25,26)20-8-4-3-5-9-20)17-10-11-22-21(14-17)18(15-23-22)13-19-7-6-12-24(19)2/h3-5,8-11,14-16,19,23H,1,6-7,12-13H2,2H3/t16-,19-/m1/s1. The Morgan fingerprint density at radius 3 is 2.70 bits per heavy atom. The number of aromatic amines is 1. The average Bonchev–Trinajstić information content (AvgIpc) is 3.28. The van der Waals surface area contributed by atoms with Gasteiger partial charge in [-0.1, -0.05) is 24.3 Å². The zero-order valence-electron chi connectivity index (χ0n) is 15.6. The van der Waals surface area contributed by atoms with Crippen LogP contribution >= 0.6 is 0 Å². The predicted molar refractivity (Wildman–Crippen MR) is 109 cm³/mol. The fourth-order valence-electron chi connectivity index (χ4n) is 4.01. The van der Waals surface area contributed by atoms with Crippen LogP contribution in [0.1, 0.15) is 29.2 Å². The molecule has 0 amide bonds. The Labute approximate surface area is 161 Å². The van der Waals surface area contributed by atoms with Gasteiger partial charge < -0.3 is 9.88 Å². The summed E-state index contributed by atoms with van der Waals surface area (Å²) in [7, 11) is -1.34. The number of nitrogens with one attached hydrogen (secondary N) is 1. The normalized spacial score (nSPS) is 19.6. The monoisotopic (exact) mass is 381 g/mol. The number of nitrogens with zero attached hydrogens (tertiary/aromatic N) is 1. The zero-order chi connectivity index (χ0) is 19.0. The summed E-state index contributed by atoms with van der Waals surface area (Å²) in [6.07, 6.45) is 5.49. The molecule has 1 saturated heterocycles. The predicted octanol–water partition coefficient (Wildman–Crippen LogP) is 4.15. The highest BCUT2D eigenvalue weighted by Crippen LogP contribution is 2.32. The van der Waals surface area contributed by atoms with Crippen molar-refractivity contribution in [2.24, 2.45) is 0 Å². The largest absolute Gasteiger partial charge is 0.361 e. The minimum atomic E-state index is -3.52. The lowest BCUT2D eigenvalue weighted by Crippen LogP contribution is -2.26. The second kappa shape index (κ2) is 7.13. The van der Waals surface area contributed by atoms with Crippen LogP contribution < -0.4 is 0 Å². The maximum absolute atomic E-state index is 12.9. The first kappa shape index (κ1) is 18.3. The number of aromatic nitrogens is 1. The number of hydrogen-bond acceptors (Lipinski definition) is 3. The van der Waals surface area contributed by atoms with E-state index in [1.807, 2.05) is 24.3 Å². The molecule has 1 aliphatic rings. The molecule has 0 spiro atoms. The molecule has 1 aliphatic heterocycles.